The summed E-state index contributed by atoms with van der Waals surface area (Å²) in [6, 6.07) is 5.41. The second kappa shape index (κ2) is 4.93. The Hall–Kier alpha value is -2.63. The van der Waals surface area contributed by atoms with Gasteiger partial charge < -0.3 is 14.8 Å². The largest absolute Gasteiger partial charge is 0.496 e. The number of aromatic nitrogens is 2. The molecule has 6 heteroatoms. The fraction of sp³-hybridized carbons (Fsp3) is 0.154. The van der Waals surface area contributed by atoms with Crippen LogP contribution in [0.3, 0.4) is 0 Å². The first-order valence-electron chi connectivity index (χ1n) is 5.50. The number of H-pyrrole nitrogens is 1. The van der Waals surface area contributed by atoms with Gasteiger partial charge >= 0.3 is 5.97 Å². The van der Waals surface area contributed by atoms with Crippen LogP contribution < -0.4 is 10.3 Å². The summed E-state index contributed by atoms with van der Waals surface area (Å²) in [5.74, 6) is -0.478. The quantitative estimate of drug-likeness (QED) is 0.871. The summed E-state index contributed by atoms with van der Waals surface area (Å²) in [5, 5.41) is 8.78. The van der Waals surface area contributed by atoms with E-state index in [2.05, 4.69) is 9.97 Å². The molecule has 0 unspecified atom stereocenters. The van der Waals surface area contributed by atoms with Crippen molar-refractivity contribution in [3.63, 3.8) is 0 Å². The molecule has 0 atom stereocenters. The maximum atomic E-state index is 11.6. The van der Waals surface area contributed by atoms with Gasteiger partial charge in [0.1, 0.15) is 17.1 Å². The summed E-state index contributed by atoms with van der Waals surface area (Å²) >= 11 is 0. The van der Waals surface area contributed by atoms with Crippen molar-refractivity contribution >= 4 is 5.97 Å². The van der Waals surface area contributed by atoms with Gasteiger partial charge in [0.05, 0.1) is 12.7 Å². The zero-order valence-electron chi connectivity index (χ0n) is 10.4. The average molecular weight is 260 g/mol. The van der Waals surface area contributed by atoms with Crippen LogP contribution in [0.5, 0.6) is 5.75 Å². The van der Waals surface area contributed by atoms with Crippen molar-refractivity contribution < 1.29 is 14.6 Å². The number of hydrogen-bond acceptors (Lipinski definition) is 4. The number of carbonyl (C=O) groups is 1. The minimum Gasteiger partial charge on any atom is -0.496 e. The van der Waals surface area contributed by atoms with Gasteiger partial charge in [-0.05, 0) is 24.6 Å². The fourth-order valence-corrected chi connectivity index (χ4v) is 1.68. The van der Waals surface area contributed by atoms with Crippen LogP contribution in [-0.2, 0) is 0 Å². The lowest BCUT2D eigenvalue weighted by atomic mass is 10.1. The highest BCUT2D eigenvalue weighted by atomic mass is 16.5. The molecule has 98 valence electrons. The number of hydrogen-bond donors (Lipinski definition) is 2. The van der Waals surface area contributed by atoms with Crippen LogP contribution in [0.15, 0.2) is 29.2 Å². The van der Waals surface area contributed by atoms with Gasteiger partial charge in [0.2, 0.25) is 0 Å². The Morgan fingerprint density at radius 3 is 2.74 bits per heavy atom. The molecule has 6 nitrogen and oxygen atoms in total. The van der Waals surface area contributed by atoms with E-state index < -0.39 is 17.1 Å². The first-order valence-corrected chi connectivity index (χ1v) is 5.50. The summed E-state index contributed by atoms with van der Waals surface area (Å²) in [4.78, 5) is 28.7. The smallest absolute Gasteiger partial charge is 0.342 e. The van der Waals surface area contributed by atoms with Crippen molar-refractivity contribution in [2.45, 2.75) is 6.92 Å². The van der Waals surface area contributed by atoms with E-state index in [1.54, 1.807) is 12.1 Å². The van der Waals surface area contributed by atoms with E-state index in [1.807, 2.05) is 13.0 Å². The molecular weight excluding hydrogens is 248 g/mol. The molecule has 1 aromatic heterocycles. The number of methoxy groups -OCH3 is 1. The third kappa shape index (κ3) is 2.47. The summed E-state index contributed by atoms with van der Waals surface area (Å²) in [5.41, 5.74) is 0.516. The van der Waals surface area contributed by atoms with Gasteiger partial charge in [0, 0.05) is 6.20 Å². The lowest BCUT2D eigenvalue weighted by Gasteiger charge is -2.08. The monoisotopic (exact) mass is 260 g/mol. The Morgan fingerprint density at radius 1 is 1.42 bits per heavy atom. The number of carboxylic acids is 1. The second-order valence-corrected chi connectivity index (χ2v) is 3.98. The van der Waals surface area contributed by atoms with Gasteiger partial charge in [0.15, 0.2) is 0 Å². The molecule has 2 rings (SSSR count). The van der Waals surface area contributed by atoms with Crippen molar-refractivity contribution in [1.29, 1.82) is 0 Å². The van der Waals surface area contributed by atoms with Gasteiger partial charge in [-0.3, -0.25) is 4.79 Å². The predicted molar refractivity (Wildman–Crippen MR) is 68.5 cm³/mol. The van der Waals surface area contributed by atoms with E-state index in [1.165, 1.54) is 7.11 Å². The van der Waals surface area contributed by atoms with E-state index in [-0.39, 0.29) is 5.82 Å². The van der Waals surface area contributed by atoms with Gasteiger partial charge in [-0.2, -0.15) is 0 Å². The van der Waals surface area contributed by atoms with Crippen LogP contribution in [0.25, 0.3) is 11.4 Å². The lowest BCUT2D eigenvalue weighted by Crippen LogP contribution is -2.18. The standard InChI is InChI=1S/C13H12N2O4/c1-7-3-4-8(10(5-7)19-2)11-14-6-9(13(17)18)12(16)15-11/h3-6H,1-2H3,(H,17,18)(H,14,15,16). The molecule has 0 radical (unpaired) electrons. The zero-order chi connectivity index (χ0) is 14.0. The summed E-state index contributed by atoms with van der Waals surface area (Å²) in [6.07, 6.45) is 1.04. The molecule has 1 aromatic carbocycles. The predicted octanol–water partition coefficient (Wildman–Crippen LogP) is 1.45. The number of aryl methyl sites for hydroxylation is 1. The van der Waals surface area contributed by atoms with E-state index in [0.29, 0.717) is 11.3 Å². The highest BCUT2D eigenvalue weighted by Gasteiger charge is 2.13. The number of carboxylic acid groups (broad SMARTS) is 1. The Balaban J connectivity index is 2.57. The van der Waals surface area contributed by atoms with E-state index in [0.717, 1.165) is 11.8 Å². The number of benzene rings is 1. The molecule has 0 fully saturated rings. The Morgan fingerprint density at radius 2 is 2.16 bits per heavy atom. The SMILES string of the molecule is COc1cc(C)ccc1-c1ncc(C(=O)O)c(=O)[nH]1. The van der Waals surface area contributed by atoms with Crippen LogP contribution in [-0.4, -0.2) is 28.2 Å². The maximum Gasteiger partial charge on any atom is 0.342 e. The van der Waals surface area contributed by atoms with Crippen molar-refractivity contribution in [2.75, 3.05) is 7.11 Å². The molecule has 0 saturated carbocycles. The molecule has 0 aliphatic rings. The number of aromatic amines is 1. The first kappa shape index (κ1) is 12.8. The molecule has 0 bridgehead atoms. The molecule has 0 aliphatic carbocycles. The van der Waals surface area contributed by atoms with Gasteiger partial charge in [0.25, 0.3) is 5.56 Å². The molecular formula is C13H12N2O4. The normalized spacial score (nSPS) is 10.2. The van der Waals surface area contributed by atoms with E-state index >= 15 is 0 Å². The van der Waals surface area contributed by atoms with E-state index in [4.69, 9.17) is 9.84 Å². The number of aromatic carboxylic acids is 1. The van der Waals surface area contributed by atoms with Gasteiger partial charge in [-0.1, -0.05) is 6.07 Å². The molecule has 19 heavy (non-hydrogen) atoms. The molecule has 2 N–H and O–H groups in total. The van der Waals surface area contributed by atoms with E-state index in [9.17, 15) is 9.59 Å². The highest BCUT2D eigenvalue weighted by molar-refractivity contribution is 5.86. The molecule has 2 aromatic rings. The topological polar surface area (TPSA) is 92.3 Å². The minimum atomic E-state index is -1.31. The van der Waals surface area contributed by atoms with Crippen LogP contribution in [0, 0.1) is 6.92 Å². The zero-order valence-corrected chi connectivity index (χ0v) is 10.4. The number of nitrogens with zero attached hydrogens (tertiary/aromatic N) is 1. The Kier molecular flexibility index (Phi) is 3.33. The second-order valence-electron chi connectivity index (χ2n) is 3.98. The number of ether oxygens (including phenoxy) is 1. The highest BCUT2D eigenvalue weighted by Crippen LogP contribution is 2.27. The third-order valence-corrected chi connectivity index (χ3v) is 2.64. The summed E-state index contributed by atoms with van der Waals surface area (Å²) in [6.45, 7) is 1.91. The van der Waals surface area contributed by atoms with Crippen molar-refractivity contribution in [1.82, 2.24) is 9.97 Å². The maximum absolute atomic E-state index is 11.6. The first-order chi connectivity index (χ1) is 9.02. The van der Waals surface area contributed by atoms with Crippen LogP contribution in [0.1, 0.15) is 15.9 Å². The van der Waals surface area contributed by atoms with Crippen molar-refractivity contribution in [3.05, 3.63) is 45.9 Å². The Labute approximate surface area is 108 Å². The summed E-state index contributed by atoms with van der Waals surface area (Å²) < 4.78 is 5.22. The van der Waals surface area contributed by atoms with Crippen LogP contribution in [0.2, 0.25) is 0 Å². The van der Waals surface area contributed by atoms with Gasteiger partial charge in [-0.15, -0.1) is 0 Å². The third-order valence-electron chi connectivity index (χ3n) is 2.64. The number of nitrogens with one attached hydrogen (secondary N) is 1. The van der Waals surface area contributed by atoms with Gasteiger partial charge in [-0.25, -0.2) is 9.78 Å². The molecule has 1 heterocycles. The fourth-order valence-electron chi connectivity index (χ4n) is 1.68. The molecule has 0 aliphatic heterocycles. The number of rotatable bonds is 3. The molecule has 0 amide bonds. The molecule has 0 saturated heterocycles. The minimum absolute atomic E-state index is 0.270. The van der Waals surface area contributed by atoms with Crippen molar-refractivity contribution in [3.8, 4) is 17.1 Å². The van der Waals surface area contributed by atoms with Crippen LogP contribution >= 0.6 is 0 Å². The molecule has 0 spiro atoms. The average Bonchev–Trinajstić information content (AvgIpc) is 2.37. The lowest BCUT2D eigenvalue weighted by molar-refractivity contribution is 0.0694. The van der Waals surface area contributed by atoms with Crippen LogP contribution in [0.4, 0.5) is 0 Å². The summed E-state index contributed by atoms with van der Waals surface area (Å²) in [7, 11) is 1.52. The Bertz CT molecular complexity index is 691. The van der Waals surface area contributed by atoms with Crippen molar-refractivity contribution in [2.24, 2.45) is 0 Å².